The minimum Gasteiger partial charge on any atom is -0.423 e. The van der Waals surface area contributed by atoms with E-state index in [-0.39, 0.29) is 17.0 Å². The number of carbonyl (C=O) groups excluding carboxylic acids is 1. The smallest absolute Gasteiger partial charge is 0.416 e. The molecular weight excluding hydrogens is 388 g/mol. The van der Waals surface area contributed by atoms with Crippen LogP contribution in [0.2, 0.25) is 0 Å². The number of alkyl halides is 3. The topological polar surface area (TPSA) is 50.7 Å². The molecule has 0 atom stereocenters. The molecule has 3 aromatic carbocycles. The van der Waals surface area contributed by atoms with Crippen LogP contribution in [0.5, 0.6) is 5.75 Å². The summed E-state index contributed by atoms with van der Waals surface area (Å²) in [6.07, 6.45) is -3.02. The number of anilines is 1. The van der Waals surface area contributed by atoms with E-state index >= 15 is 0 Å². The molecule has 0 aromatic heterocycles. The molecule has 0 fully saturated rings. The zero-order chi connectivity index (χ0) is 20.9. The van der Waals surface area contributed by atoms with Gasteiger partial charge in [-0.25, -0.2) is 9.18 Å². The average Bonchev–Trinajstić information content (AvgIpc) is 2.69. The molecule has 0 saturated carbocycles. The number of carbonyl (C=O) groups is 1. The fourth-order valence-electron chi connectivity index (χ4n) is 2.32. The van der Waals surface area contributed by atoms with Crippen molar-refractivity contribution in [1.29, 1.82) is 0 Å². The predicted octanol–water partition coefficient (Wildman–Crippen LogP) is 5.51. The van der Waals surface area contributed by atoms with Crippen molar-refractivity contribution in [3.8, 4) is 5.75 Å². The molecule has 0 saturated heterocycles. The van der Waals surface area contributed by atoms with Crippen LogP contribution in [0.3, 0.4) is 0 Å². The van der Waals surface area contributed by atoms with E-state index in [0.717, 1.165) is 24.3 Å². The summed E-state index contributed by atoms with van der Waals surface area (Å²) in [5, 5.41) is 3.90. The molecule has 0 radical (unpaired) electrons. The van der Waals surface area contributed by atoms with Crippen LogP contribution >= 0.6 is 0 Å². The van der Waals surface area contributed by atoms with Crippen LogP contribution in [0.25, 0.3) is 0 Å². The number of hydrogen-bond acceptors (Lipinski definition) is 4. The molecule has 0 spiro atoms. The molecule has 3 aromatic rings. The second-order valence-electron chi connectivity index (χ2n) is 5.91. The number of rotatable bonds is 5. The first-order valence-corrected chi connectivity index (χ1v) is 8.35. The van der Waals surface area contributed by atoms with Gasteiger partial charge in [0.15, 0.2) is 0 Å². The van der Waals surface area contributed by atoms with E-state index < -0.39 is 23.5 Å². The van der Waals surface area contributed by atoms with Gasteiger partial charge in [0.2, 0.25) is 0 Å². The first-order chi connectivity index (χ1) is 13.8. The summed E-state index contributed by atoms with van der Waals surface area (Å²) in [7, 11) is 0. The third kappa shape index (κ3) is 5.65. The van der Waals surface area contributed by atoms with Gasteiger partial charge in [-0.3, -0.25) is 5.43 Å². The third-order valence-electron chi connectivity index (χ3n) is 3.77. The Morgan fingerprint density at radius 1 is 0.966 bits per heavy atom. The van der Waals surface area contributed by atoms with Gasteiger partial charge in [0, 0.05) is 0 Å². The molecule has 0 bridgehead atoms. The van der Waals surface area contributed by atoms with Gasteiger partial charge in [0.05, 0.1) is 23.0 Å². The summed E-state index contributed by atoms with van der Waals surface area (Å²) in [6.45, 7) is 0. The molecule has 1 N–H and O–H groups in total. The van der Waals surface area contributed by atoms with Crippen molar-refractivity contribution in [2.75, 3.05) is 5.43 Å². The van der Waals surface area contributed by atoms with Crippen LogP contribution in [-0.4, -0.2) is 12.2 Å². The molecule has 0 unspecified atom stereocenters. The number of halogens is 4. The molecule has 0 aliphatic heterocycles. The summed E-state index contributed by atoms with van der Waals surface area (Å²) in [4.78, 5) is 12.0. The molecule has 4 nitrogen and oxygen atoms in total. The van der Waals surface area contributed by atoms with E-state index in [4.69, 9.17) is 4.74 Å². The highest BCUT2D eigenvalue weighted by atomic mass is 19.4. The Bertz CT molecular complexity index is 1010. The molecule has 3 rings (SSSR count). The number of nitrogens with zero attached hydrogens (tertiary/aromatic N) is 1. The maximum atomic E-state index is 12.9. The van der Waals surface area contributed by atoms with Gasteiger partial charge in [-0.2, -0.15) is 18.3 Å². The zero-order valence-corrected chi connectivity index (χ0v) is 14.8. The fraction of sp³-hybridized carbons (Fsp3) is 0.0476. The quantitative estimate of drug-likeness (QED) is 0.201. The van der Waals surface area contributed by atoms with Crippen LogP contribution in [0, 0.1) is 5.82 Å². The predicted molar refractivity (Wildman–Crippen MR) is 100 cm³/mol. The first-order valence-electron chi connectivity index (χ1n) is 8.35. The summed E-state index contributed by atoms with van der Waals surface area (Å²) < 4.78 is 56.1. The van der Waals surface area contributed by atoms with Gasteiger partial charge in [-0.05, 0) is 72.3 Å². The van der Waals surface area contributed by atoms with Gasteiger partial charge in [0.1, 0.15) is 11.6 Å². The third-order valence-corrected chi connectivity index (χ3v) is 3.77. The number of nitrogens with one attached hydrogen (secondary N) is 1. The second-order valence-corrected chi connectivity index (χ2v) is 5.91. The van der Waals surface area contributed by atoms with Crippen LogP contribution in [0.1, 0.15) is 21.5 Å². The molecule has 0 aliphatic rings. The van der Waals surface area contributed by atoms with Crippen LogP contribution in [-0.2, 0) is 6.18 Å². The minimum absolute atomic E-state index is 0.195. The van der Waals surface area contributed by atoms with E-state index in [9.17, 15) is 22.4 Å². The highest BCUT2D eigenvalue weighted by molar-refractivity contribution is 5.91. The number of benzene rings is 3. The van der Waals surface area contributed by atoms with Gasteiger partial charge in [0.25, 0.3) is 0 Å². The van der Waals surface area contributed by atoms with Crippen LogP contribution in [0.15, 0.2) is 77.9 Å². The fourth-order valence-corrected chi connectivity index (χ4v) is 2.32. The highest BCUT2D eigenvalue weighted by Gasteiger charge is 2.30. The Kier molecular flexibility index (Phi) is 5.92. The molecule has 0 heterocycles. The van der Waals surface area contributed by atoms with Gasteiger partial charge < -0.3 is 4.74 Å². The van der Waals surface area contributed by atoms with Crippen LogP contribution in [0.4, 0.5) is 23.2 Å². The van der Waals surface area contributed by atoms with E-state index in [2.05, 4.69) is 10.5 Å². The minimum atomic E-state index is -4.43. The Labute approximate surface area is 163 Å². The second kappa shape index (κ2) is 8.55. The SMILES string of the molecule is O=C(Oc1ccc(C=NNc2cccc(C(F)(F)F)c2)cc1)c1ccc(F)cc1. The molecule has 148 valence electrons. The lowest BCUT2D eigenvalue weighted by atomic mass is 10.2. The maximum absolute atomic E-state index is 12.9. The monoisotopic (exact) mass is 402 g/mol. The number of ether oxygens (including phenoxy) is 1. The lowest BCUT2D eigenvalue weighted by Crippen LogP contribution is -2.08. The number of hydrazone groups is 1. The Hall–Kier alpha value is -3.68. The van der Waals surface area contributed by atoms with Gasteiger partial charge in [-0.15, -0.1) is 0 Å². The normalized spacial score (nSPS) is 11.4. The van der Waals surface area contributed by atoms with Crippen molar-refractivity contribution in [3.63, 3.8) is 0 Å². The average molecular weight is 402 g/mol. The standard InChI is InChI=1S/C21H14F4N2O2/c22-17-8-6-15(7-9-17)20(28)29-19-10-4-14(5-11-19)13-26-27-18-3-1-2-16(12-18)21(23,24)25/h1-13,27H. The van der Waals surface area contributed by atoms with Crippen molar-refractivity contribution in [2.45, 2.75) is 6.18 Å². The molecular formula is C21H14F4N2O2. The maximum Gasteiger partial charge on any atom is 0.416 e. The summed E-state index contributed by atoms with van der Waals surface area (Å²) in [5.41, 5.74) is 2.80. The van der Waals surface area contributed by atoms with Gasteiger partial charge >= 0.3 is 12.1 Å². The summed E-state index contributed by atoms with van der Waals surface area (Å²) in [6, 6.07) is 15.9. The van der Waals surface area contributed by atoms with Gasteiger partial charge in [-0.1, -0.05) is 6.07 Å². The molecule has 8 heteroatoms. The largest absolute Gasteiger partial charge is 0.423 e. The Morgan fingerprint density at radius 3 is 2.31 bits per heavy atom. The Morgan fingerprint density at radius 2 is 1.66 bits per heavy atom. The van der Waals surface area contributed by atoms with E-state index in [1.54, 1.807) is 12.1 Å². The van der Waals surface area contributed by atoms with Crippen molar-refractivity contribution < 1.29 is 27.1 Å². The number of hydrogen-bond donors (Lipinski definition) is 1. The van der Waals surface area contributed by atoms with Crippen LogP contribution < -0.4 is 10.2 Å². The Balaban J connectivity index is 1.59. The summed E-state index contributed by atoms with van der Waals surface area (Å²) in [5.74, 6) is -0.802. The first kappa shape index (κ1) is 20.1. The van der Waals surface area contributed by atoms with E-state index in [1.165, 1.54) is 42.6 Å². The lowest BCUT2D eigenvalue weighted by Gasteiger charge is -2.08. The van der Waals surface area contributed by atoms with E-state index in [1.807, 2.05) is 0 Å². The van der Waals surface area contributed by atoms with Crippen molar-refractivity contribution >= 4 is 17.9 Å². The number of esters is 1. The van der Waals surface area contributed by atoms with E-state index in [0.29, 0.717) is 5.56 Å². The van der Waals surface area contributed by atoms with Crippen molar-refractivity contribution in [2.24, 2.45) is 5.10 Å². The summed E-state index contributed by atoms with van der Waals surface area (Å²) >= 11 is 0. The lowest BCUT2D eigenvalue weighted by molar-refractivity contribution is -0.137. The molecule has 29 heavy (non-hydrogen) atoms. The zero-order valence-electron chi connectivity index (χ0n) is 14.8. The highest BCUT2D eigenvalue weighted by Crippen LogP contribution is 2.30. The van der Waals surface area contributed by atoms with Crippen molar-refractivity contribution in [3.05, 3.63) is 95.3 Å². The van der Waals surface area contributed by atoms with Crippen molar-refractivity contribution in [1.82, 2.24) is 0 Å². The molecule has 0 amide bonds. The molecule has 0 aliphatic carbocycles.